The monoisotopic (exact) mass is 457 g/mol. The Bertz CT molecular complexity index is 1220. The van der Waals surface area contributed by atoms with Crippen LogP contribution in [0, 0.1) is 23.2 Å². The molecule has 2 amide bonds. The summed E-state index contributed by atoms with van der Waals surface area (Å²) in [7, 11) is 0. The van der Waals surface area contributed by atoms with Crippen LogP contribution in [0.4, 0.5) is 13.2 Å². The molecular weight excluding hydrogens is 435 g/mol. The van der Waals surface area contributed by atoms with Gasteiger partial charge in [-0.25, -0.2) is 4.98 Å². The van der Waals surface area contributed by atoms with Gasteiger partial charge in [0.15, 0.2) is 17.0 Å². The molecule has 6 rings (SSSR count). The van der Waals surface area contributed by atoms with Gasteiger partial charge in [0.05, 0.1) is 5.56 Å². The minimum Gasteiger partial charge on any atom is -0.336 e. The Balaban J connectivity index is 1.31. The molecule has 0 unspecified atom stereocenters. The van der Waals surface area contributed by atoms with E-state index >= 15 is 0 Å². The molecule has 0 N–H and O–H groups in total. The number of hydrogen-bond acceptors (Lipinski definition) is 4. The summed E-state index contributed by atoms with van der Waals surface area (Å²) < 4.78 is 42.4. The van der Waals surface area contributed by atoms with Crippen molar-refractivity contribution in [2.24, 2.45) is 11.8 Å². The number of halogens is 3. The van der Waals surface area contributed by atoms with Gasteiger partial charge in [-0.1, -0.05) is 0 Å². The first-order valence-electron chi connectivity index (χ1n) is 11.4. The SMILES string of the molecule is N#Cc1c(C(=O)N2CCN(C3C[C@@H]4C[C@H]4C3)C(=O)C2)nc2c(C(F)(F)F)cc(C3CC3)cn12. The molecule has 172 valence electrons. The molecular formula is C23H22F3N5O2. The Morgan fingerprint density at radius 3 is 2.48 bits per heavy atom. The first kappa shape index (κ1) is 20.5. The Morgan fingerprint density at radius 1 is 1.15 bits per heavy atom. The first-order valence-corrected chi connectivity index (χ1v) is 11.4. The minimum absolute atomic E-state index is 0.0240. The van der Waals surface area contributed by atoms with Crippen molar-refractivity contribution in [1.29, 1.82) is 5.26 Å². The summed E-state index contributed by atoms with van der Waals surface area (Å²) in [5.41, 5.74) is -1.49. The predicted molar refractivity (Wildman–Crippen MR) is 109 cm³/mol. The van der Waals surface area contributed by atoms with Crippen LogP contribution in [0.3, 0.4) is 0 Å². The van der Waals surface area contributed by atoms with Gasteiger partial charge in [-0.15, -0.1) is 0 Å². The Morgan fingerprint density at radius 2 is 1.88 bits per heavy atom. The van der Waals surface area contributed by atoms with Crippen molar-refractivity contribution in [2.75, 3.05) is 19.6 Å². The lowest BCUT2D eigenvalue weighted by atomic mass is 10.1. The standard InChI is InChI=1S/C23H22F3N5O2/c24-23(25,26)17-8-15(12-1-2-12)10-31-18(9-27)20(28-21(17)31)22(33)29-3-4-30(19(32)11-29)16-6-13-5-14(13)7-16/h8,10,12-14,16H,1-7,11H2/t13-,14-/m0/s1. The lowest BCUT2D eigenvalue weighted by Gasteiger charge is -2.38. The van der Waals surface area contributed by atoms with Crippen LogP contribution < -0.4 is 0 Å². The van der Waals surface area contributed by atoms with E-state index in [1.54, 1.807) is 0 Å². The number of nitrogens with zero attached hydrogens (tertiary/aromatic N) is 5. The molecule has 0 bridgehead atoms. The molecule has 2 atom stereocenters. The van der Waals surface area contributed by atoms with Gasteiger partial charge < -0.3 is 9.80 Å². The third-order valence-corrected chi connectivity index (χ3v) is 7.61. The summed E-state index contributed by atoms with van der Waals surface area (Å²) in [6, 6.07) is 3.16. The second-order valence-corrected chi connectivity index (χ2v) is 9.77. The van der Waals surface area contributed by atoms with E-state index in [9.17, 15) is 28.0 Å². The quantitative estimate of drug-likeness (QED) is 0.709. The highest BCUT2D eigenvalue weighted by molar-refractivity contribution is 5.98. The molecule has 7 nitrogen and oxygen atoms in total. The van der Waals surface area contributed by atoms with Crippen LogP contribution in [-0.2, 0) is 11.0 Å². The number of fused-ring (bicyclic) bond motifs is 2. The van der Waals surface area contributed by atoms with Crippen LogP contribution in [0.1, 0.15) is 65.3 Å². The number of carbonyl (C=O) groups is 2. The molecule has 10 heteroatoms. The van der Waals surface area contributed by atoms with Crippen molar-refractivity contribution in [2.45, 2.75) is 50.2 Å². The Labute approximate surface area is 187 Å². The van der Waals surface area contributed by atoms with Gasteiger partial charge in [-0.2, -0.15) is 18.4 Å². The number of imidazole rings is 1. The predicted octanol–water partition coefficient (Wildman–Crippen LogP) is 3.19. The van der Waals surface area contributed by atoms with E-state index in [2.05, 4.69) is 4.98 Å². The van der Waals surface area contributed by atoms with Crippen molar-refractivity contribution in [3.05, 3.63) is 34.8 Å². The molecule has 2 aromatic heterocycles. The highest BCUT2D eigenvalue weighted by Gasteiger charge is 2.49. The molecule has 1 aliphatic heterocycles. The molecule has 33 heavy (non-hydrogen) atoms. The number of hydrogen-bond donors (Lipinski definition) is 0. The van der Waals surface area contributed by atoms with E-state index < -0.39 is 23.3 Å². The molecule has 4 aliphatic rings. The van der Waals surface area contributed by atoms with Gasteiger partial charge in [0.1, 0.15) is 12.6 Å². The maximum absolute atomic E-state index is 13.8. The van der Waals surface area contributed by atoms with Gasteiger partial charge >= 0.3 is 6.18 Å². The lowest BCUT2D eigenvalue weighted by Crippen LogP contribution is -2.55. The third kappa shape index (κ3) is 3.36. The average molecular weight is 457 g/mol. The number of pyridine rings is 1. The van der Waals surface area contributed by atoms with Crippen molar-refractivity contribution in [3.8, 4) is 6.07 Å². The molecule has 3 saturated carbocycles. The maximum atomic E-state index is 13.8. The summed E-state index contributed by atoms with van der Waals surface area (Å²) in [6.07, 6.45) is 1.67. The van der Waals surface area contributed by atoms with Gasteiger partial charge in [-0.3, -0.25) is 14.0 Å². The van der Waals surface area contributed by atoms with Gasteiger partial charge in [-0.05, 0) is 61.5 Å². The second kappa shape index (κ2) is 6.95. The molecule has 2 aromatic rings. The largest absolute Gasteiger partial charge is 0.419 e. The number of rotatable bonds is 3. The zero-order chi connectivity index (χ0) is 23.1. The number of piperazine rings is 1. The molecule has 1 saturated heterocycles. The average Bonchev–Trinajstić information content (AvgIpc) is 3.69. The minimum atomic E-state index is -4.67. The van der Waals surface area contributed by atoms with Crippen LogP contribution in [0.15, 0.2) is 12.3 Å². The number of nitriles is 1. The molecule has 4 fully saturated rings. The molecule has 3 heterocycles. The fourth-order valence-electron chi connectivity index (χ4n) is 5.60. The van der Waals surface area contributed by atoms with E-state index in [0.29, 0.717) is 12.1 Å². The van der Waals surface area contributed by atoms with Gasteiger partial charge in [0, 0.05) is 25.3 Å². The topological polar surface area (TPSA) is 81.7 Å². The fraction of sp³-hybridized carbons (Fsp3) is 0.565. The summed E-state index contributed by atoms with van der Waals surface area (Å²) in [6.45, 7) is 0.515. The molecule has 0 spiro atoms. The molecule has 0 radical (unpaired) electrons. The summed E-state index contributed by atoms with van der Waals surface area (Å²) in [5.74, 6) is 0.633. The third-order valence-electron chi connectivity index (χ3n) is 7.61. The van der Waals surface area contributed by atoms with Crippen LogP contribution in [-0.4, -0.2) is 56.7 Å². The lowest BCUT2D eigenvalue weighted by molar-refractivity contribution is -0.138. The van der Waals surface area contributed by atoms with E-state index in [1.807, 2.05) is 11.0 Å². The molecule has 3 aliphatic carbocycles. The van der Waals surface area contributed by atoms with Crippen molar-refractivity contribution < 1.29 is 22.8 Å². The van der Waals surface area contributed by atoms with Crippen LogP contribution in [0.2, 0.25) is 0 Å². The normalized spacial score (nSPS) is 25.5. The Hall–Kier alpha value is -3.09. The van der Waals surface area contributed by atoms with Crippen LogP contribution in [0.5, 0.6) is 0 Å². The second-order valence-electron chi connectivity index (χ2n) is 9.77. The number of aromatic nitrogens is 2. The van der Waals surface area contributed by atoms with E-state index in [1.165, 1.54) is 17.5 Å². The maximum Gasteiger partial charge on any atom is 0.419 e. The van der Waals surface area contributed by atoms with Crippen LogP contribution >= 0.6 is 0 Å². The smallest absolute Gasteiger partial charge is 0.336 e. The number of carbonyl (C=O) groups excluding carboxylic acids is 2. The zero-order valence-electron chi connectivity index (χ0n) is 17.8. The van der Waals surface area contributed by atoms with Crippen molar-refractivity contribution >= 4 is 17.5 Å². The van der Waals surface area contributed by atoms with Gasteiger partial charge in [0.25, 0.3) is 5.91 Å². The Kier molecular flexibility index (Phi) is 4.32. The number of amides is 2. The zero-order valence-corrected chi connectivity index (χ0v) is 17.8. The summed E-state index contributed by atoms with van der Waals surface area (Å²) >= 11 is 0. The number of alkyl halides is 3. The molecule has 0 aromatic carbocycles. The van der Waals surface area contributed by atoms with Crippen molar-refractivity contribution in [1.82, 2.24) is 19.2 Å². The highest BCUT2D eigenvalue weighted by Crippen LogP contribution is 2.53. The summed E-state index contributed by atoms with van der Waals surface area (Å²) in [5, 5.41) is 9.72. The highest BCUT2D eigenvalue weighted by atomic mass is 19.4. The van der Waals surface area contributed by atoms with Gasteiger partial charge in [0.2, 0.25) is 5.91 Å². The fourth-order valence-corrected chi connectivity index (χ4v) is 5.60. The summed E-state index contributed by atoms with van der Waals surface area (Å²) in [4.78, 5) is 33.1. The van der Waals surface area contributed by atoms with Crippen molar-refractivity contribution in [3.63, 3.8) is 0 Å². The van der Waals surface area contributed by atoms with E-state index in [4.69, 9.17) is 0 Å². The first-order chi connectivity index (χ1) is 15.7. The van der Waals surface area contributed by atoms with E-state index in [0.717, 1.165) is 48.0 Å². The van der Waals surface area contributed by atoms with E-state index in [-0.39, 0.29) is 42.3 Å². The van der Waals surface area contributed by atoms with Crippen LogP contribution in [0.25, 0.3) is 5.65 Å².